The van der Waals surface area contributed by atoms with Gasteiger partial charge in [-0.15, -0.1) is 0 Å². The molecule has 1 aromatic rings. The van der Waals surface area contributed by atoms with Gasteiger partial charge in [0.15, 0.2) is 0 Å². The maximum Gasteiger partial charge on any atom is 0.383 e. The van der Waals surface area contributed by atoms with Gasteiger partial charge in [-0.05, 0) is 11.6 Å². The highest BCUT2D eigenvalue weighted by Gasteiger charge is 2.08. The average Bonchev–Trinajstić information content (AvgIpc) is 2.36. The number of carbonyl (C=O) groups excluding carboxylic acids is 2. The fraction of sp³-hybridized carbons (Fsp3) is 0. The summed E-state index contributed by atoms with van der Waals surface area (Å²) in [6.45, 7) is 3.19. The molecule has 0 N–H and O–H groups in total. The van der Waals surface area contributed by atoms with E-state index in [4.69, 9.17) is 0 Å². The lowest BCUT2D eigenvalue weighted by Crippen LogP contribution is -2.11. The fourth-order valence-electron chi connectivity index (χ4n) is 1.08. The molecule has 0 aliphatic rings. The molecule has 3 nitrogen and oxygen atoms in total. The van der Waals surface area contributed by atoms with Crippen molar-refractivity contribution in [2.75, 3.05) is 0 Å². The predicted molar refractivity (Wildman–Crippen MR) is 65.9 cm³/mol. The SMILES string of the molecule is C=COC(=O)C(=O)C=CC=Cc1ccccc1. The average molecular weight is 228 g/mol. The minimum absolute atomic E-state index is 0.720. The van der Waals surface area contributed by atoms with Crippen molar-refractivity contribution in [2.45, 2.75) is 0 Å². The van der Waals surface area contributed by atoms with E-state index in [9.17, 15) is 9.59 Å². The molecule has 0 aliphatic carbocycles. The van der Waals surface area contributed by atoms with Gasteiger partial charge < -0.3 is 4.74 Å². The zero-order valence-corrected chi connectivity index (χ0v) is 9.21. The van der Waals surface area contributed by atoms with Crippen LogP contribution in [0.15, 0.2) is 61.4 Å². The molecule has 86 valence electrons. The molecule has 3 heteroatoms. The first kappa shape index (κ1) is 12.6. The minimum atomic E-state index is -0.940. The Morgan fingerprint density at radius 3 is 2.47 bits per heavy atom. The van der Waals surface area contributed by atoms with Gasteiger partial charge >= 0.3 is 5.97 Å². The van der Waals surface area contributed by atoms with Crippen LogP contribution in [-0.2, 0) is 14.3 Å². The molecule has 0 atom stereocenters. The Kier molecular flexibility index (Phi) is 5.17. The van der Waals surface area contributed by atoms with Crippen LogP contribution in [0.5, 0.6) is 0 Å². The number of hydrogen-bond donors (Lipinski definition) is 0. The minimum Gasteiger partial charge on any atom is -0.429 e. The molecule has 0 bridgehead atoms. The molecule has 0 saturated heterocycles. The third kappa shape index (κ3) is 4.75. The number of ketones is 1. The van der Waals surface area contributed by atoms with Gasteiger partial charge in [0, 0.05) is 0 Å². The van der Waals surface area contributed by atoms with Crippen LogP contribution in [0.3, 0.4) is 0 Å². The number of hydrogen-bond acceptors (Lipinski definition) is 3. The Morgan fingerprint density at radius 2 is 1.82 bits per heavy atom. The van der Waals surface area contributed by atoms with Gasteiger partial charge in [-0.1, -0.05) is 55.1 Å². The maximum atomic E-state index is 11.1. The van der Waals surface area contributed by atoms with Crippen LogP contribution in [0.4, 0.5) is 0 Å². The lowest BCUT2D eigenvalue weighted by atomic mass is 10.2. The standard InChI is InChI=1S/C14H12O3/c1-2-17-14(16)13(15)11-7-6-10-12-8-4-3-5-9-12/h2-11H,1H2. The van der Waals surface area contributed by atoms with Crippen LogP contribution >= 0.6 is 0 Å². The number of carbonyl (C=O) groups is 2. The first-order valence-corrected chi connectivity index (χ1v) is 4.99. The van der Waals surface area contributed by atoms with E-state index in [-0.39, 0.29) is 0 Å². The highest BCUT2D eigenvalue weighted by atomic mass is 16.5. The Morgan fingerprint density at radius 1 is 1.12 bits per heavy atom. The quantitative estimate of drug-likeness (QED) is 0.256. The molecule has 0 aliphatic heterocycles. The Hall–Kier alpha value is -2.42. The van der Waals surface area contributed by atoms with Crippen LogP contribution in [-0.4, -0.2) is 11.8 Å². The van der Waals surface area contributed by atoms with E-state index >= 15 is 0 Å². The molecule has 0 aromatic heterocycles. The molecule has 0 saturated carbocycles. The Labute approximate surface area is 99.7 Å². The summed E-state index contributed by atoms with van der Waals surface area (Å²) in [4.78, 5) is 22.0. The molecule has 0 spiro atoms. The van der Waals surface area contributed by atoms with Gasteiger partial charge in [0.2, 0.25) is 0 Å². The molecule has 0 radical (unpaired) electrons. The summed E-state index contributed by atoms with van der Waals surface area (Å²) in [5, 5.41) is 0. The first-order valence-electron chi connectivity index (χ1n) is 4.99. The lowest BCUT2D eigenvalue weighted by molar-refractivity contribution is -0.147. The topological polar surface area (TPSA) is 43.4 Å². The van der Waals surface area contributed by atoms with E-state index in [0.717, 1.165) is 17.9 Å². The monoisotopic (exact) mass is 228 g/mol. The van der Waals surface area contributed by atoms with E-state index in [1.807, 2.05) is 36.4 Å². The van der Waals surface area contributed by atoms with Gasteiger partial charge in [-0.3, -0.25) is 4.79 Å². The van der Waals surface area contributed by atoms with Gasteiger partial charge in [-0.25, -0.2) is 4.79 Å². The smallest absolute Gasteiger partial charge is 0.383 e. The molecule has 1 aromatic carbocycles. The summed E-state index contributed by atoms with van der Waals surface area (Å²) >= 11 is 0. The number of benzene rings is 1. The molecular formula is C14H12O3. The molecule has 0 amide bonds. The van der Waals surface area contributed by atoms with E-state index in [1.54, 1.807) is 6.08 Å². The van der Waals surface area contributed by atoms with Crippen molar-refractivity contribution in [1.82, 2.24) is 0 Å². The van der Waals surface area contributed by atoms with Crippen molar-refractivity contribution >= 4 is 17.8 Å². The van der Waals surface area contributed by atoms with Crippen LogP contribution in [0.1, 0.15) is 5.56 Å². The molecule has 0 unspecified atom stereocenters. The van der Waals surface area contributed by atoms with Gasteiger partial charge in [0.25, 0.3) is 5.78 Å². The second-order valence-electron chi connectivity index (χ2n) is 3.07. The van der Waals surface area contributed by atoms with Crippen molar-refractivity contribution in [3.63, 3.8) is 0 Å². The summed E-state index contributed by atoms with van der Waals surface area (Å²) in [6, 6.07) is 9.60. The zero-order valence-electron chi connectivity index (χ0n) is 9.21. The molecule has 0 heterocycles. The van der Waals surface area contributed by atoms with Gasteiger partial charge in [-0.2, -0.15) is 0 Å². The first-order chi connectivity index (χ1) is 8.24. The number of rotatable bonds is 5. The third-order valence-electron chi connectivity index (χ3n) is 1.84. The highest BCUT2D eigenvalue weighted by molar-refractivity contribution is 6.38. The summed E-state index contributed by atoms with van der Waals surface area (Å²) < 4.78 is 4.32. The summed E-state index contributed by atoms with van der Waals surface area (Å²) in [7, 11) is 0. The van der Waals surface area contributed by atoms with Crippen molar-refractivity contribution in [3.05, 3.63) is 67.0 Å². The van der Waals surface area contributed by atoms with Gasteiger partial charge in [0.05, 0.1) is 6.26 Å². The fourth-order valence-corrected chi connectivity index (χ4v) is 1.08. The van der Waals surface area contributed by atoms with Crippen LogP contribution in [0.25, 0.3) is 6.08 Å². The molecule has 0 fully saturated rings. The van der Waals surface area contributed by atoms with E-state index in [1.165, 1.54) is 6.08 Å². The second kappa shape index (κ2) is 6.95. The van der Waals surface area contributed by atoms with Gasteiger partial charge in [0.1, 0.15) is 0 Å². The summed E-state index contributed by atoms with van der Waals surface area (Å²) in [5.41, 5.74) is 1.01. The summed E-state index contributed by atoms with van der Waals surface area (Å²) in [5.74, 6) is -1.66. The van der Waals surface area contributed by atoms with Crippen molar-refractivity contribution < 1.29 is 14.3 Å². The molecular weight excluding hydrogens is 216 g/mol. The van der Waals surface area contributed by atoms with Crippen molar-refractivity contribution in [1.29, 1.82) is 0 Å². The van der Waals surface area contributed by atoms with E-state index in [2.05, 4.69) is 11.3 Å². The van der Waals surface area contributed by atoms with Crippen LogP contribution < -0.4 is 0 Å². The molecule has 1 rings (SSSR count). The van der Waals surface area contributed by atoms with E-state index in [0.29, 0.717) is 0 Å². The van der Waals surface area contributed by atoms with E-state index < -0.39 is 11.8 Å². The predicted octanol–water partition coefficient (Wildman–Crippen LogP) is 2.51. The van der Waals surface area contributed by atoms with Crippen molar-refractivity contribution in [2.24, 2.45) is 0 Å². The van der Waals surface area contributed by atoms with Crippen molar-refractivity contribution in [3.8, 4) is 0 Å². The lowest BCUT2D eigenvalue weighted by Gasteiger charge is -1.91. The normalized spacial score (nSPS) is 10.6. The Bertz CT molecular complexity index is 456. The number of ether oxygens (including phenoxy) is 1. The highest BCUT2D eigenvalue weighted by Crippen LogP contribution is 2.00. The largest absolute Gasteiger partial charge is 0.429 e. The third-order valence-corrected chi connectivity index (χ3v) is 1.84. The second-order valence-corrected chi connectivity index (χ2v) is 3.07. The number of allylic oxidation sites excluding steroid dienone is 2. The zero-order chi connectivity index (χ0) is 12.5. The molecule has 17 heavy (non-hydrogen) atoms. The van der Waals surface area contributed by atoms with Crippen LogP contribution in [0.2, 0.25) is 0 Å². The Balaban J connectivity index is 2.50. The van der Waals surface area contributed by atoms with Crippen LogP contribution in [0, 0.1) is 0 Å². The number of esters is 1. The maximum absolute atomic E-state index is 11.1. The summed E-state index contributed by atoms with van der Waals surface area (Å²) in [6.07, 6.45) is 7.05.